The molecule has 1 saturated heterocycles. The Morgan fingerprint density at radius 2 is 1.72 bits per heavy atom. The van der Waals surface area contributed by atoms with Gasteiger partial charge in [-0.05, 0) is 65.4 Å². The number of hydrogen-bond donors (Lipinski definition) is 1. The molecule has 1 aliphatic rings. The van der Waals surface area contributed by atoms with Gasteiger partial charge in [0, 0.05) is 11.3 Å². The zero-order chi connectivity index (χ0) is 30.5. The normalized spacial score (nSPS) is 16.3. The molecule has 10 heteroatoms. The minimum atomic E-state index is -0.899. The molecule has 43 heavy (non-hydrogen) atoms. The third-order valence-electron chi connectivity index (χ3n) is 7.14. The number of aliphatic hydroxyl groups excluding tert-OH is 1. The summed E-state index contributed by atoms with van der Waals surface area (Å²) in [6.07, 6.45) is 1.94. The molecule has 7 nitrogen and oxygen atoms in total. The highest BCUT2D eigenvalue weighted by molar-refractivity contribution is 8.00. The van der Waals surface area contributed by atoms with E-state index in [0.29, 0.717) is 39.5 Å². The molecule has 0 saturated carbocycles. The number of aromatic nitrogens is 2. The predicted molar refractivity (Wildman–Crippen MR) is 168 cm³/mol. The van der Waals surface area contributed by atoms with E-state index in [2.05, 4.69) is 31.0 Å². The van der Waals surface area contributed by atoms with Gasteiger partial charge in [-0.25, -0.2) is 4.39 Å². The number of Topliss-reactive ketones (excluding diaryl/α,β-unsaturated/α-hetero) is 1. The number of halogens is 1. The number of carbonyl (C=O) groups is 2. The van der Waals surface area contributed by atoms with E-state index in [1.165, 1.54) is 40.1 Å². The molecule has 1 aliphatic heterocycles. The summed E-state index contributed by atoms with van der Waals surface area (Å²) in [5, 5.41) is 20.2. The van der Waals surface area contributed by atoms with Gasteiger partial charge in [-0.3, -0.25) is 14.5 Å². The topological polar surface area (TPSA) is 92.6 Å². The third kappa shape index (κ3) is 6.81. The first-order valence-electron chi connectivity index (χ1n) is 14.1. The molecule has 0 bridgehead atoms. The Kier molecular flexibility index (Phi) is 9.57. The molecule has 1 N–H and O–H groups in total. The number of amides is 1. The largest absolute Gasteiger partial charge is 0.507 e. The van der Waals surface area contributed by atoms with Gasteiger partial charge in [0.2, 0.25) is 5.13 Å². The molecule has 2 heterocycles. The minimum absolute atomic E-state index is 0.0161. The monoisotopic (exact) mass is 617 g/mol. The third-order valence-corrected chi connectivity index (χ3v) is 9.26. The fraction of sp³-hybridized carbons (Fsp3) is 0.273. The number of aliphatic hydroxyl groups is 1. The Morgan fingerprint density at radius 3 is 2.37 bits per heavy atom. The van der Waals surface area contributed by atoms with E-state index in [1.54, 1.807) is 36.4 Å². The van der Waals surface area contributed by atoms with Crippen LogP contribution < -0.4 is 9.64 Å². The van der Waals surface area contributed by atoms with E-state index >= 15 is 0 Å². The van der Waals surface area contributed by atoms with Crippen molar-refractivity contribution >= 4 is 45.7 Å². The number of thioether (sulfide) groups is 1. The molecule has 0 aliphatic carbocycles. The van der Waals surface area contributed by atoms with Crippen molar-refractivity contribution in [1.82, 2.24) is 10.2 Å². The number of hydrogen-bond acceptors (Lipinski definition) is 8. The maximum absolute atomic E-state index is 13.5. The molecule has 1 fully saturated rings. The Balaban J connectivity index is 1.49. The minimum Gasteiger partial charge on any atom is -0.507 e. The Morgan fingerprint density at radius 1 is 1.02 bits per heavy atom. The molecule has 1 aromatic heterocycles. The van der Waals surface area contributed by atoms with Gasteiger partial charge >= 0.3 is 5.91 Å². The Bertz CT molecular complexity index is 1620. The molecule has 5 rings (SSSR count). The summed E-state index contributed by atoms with van der Waals surface area (Å²) in [4.78, 5) is 28.4. The van der Waals surface area contributed by atoms with Gasteiger partial charge in [-0.2, -0.15) is 0 Å². The maximum Gasteiger partial charge on any atom is 0.301 e. The van der Waals surface area contributed by atoms with Crippen LogP contribution in [0, 0.1) is 5.82 Å². The molecular weight excluding hydrogens is 586 g/mol. The average molecular weight is 618 g/mol. The highest BCUT2D eigenvalue weighted by Gasteiger charge is 2.48. The second-order valence-electron chi connectivity index (χ2n) is 10.5. The highest BCUT2D eigenvalue weighted by Crippen LogP contribution is 2.44. The van der Waals surface area contributed by atoms with Crippen molar-refractivity contribution in [3.63, 3.8) is 0 Å². The van der Waals surface area contributed by atoms with Crippen LogP contribution in [0.5, 0.6) is 5.75 Å². The van der Waals surface area contributed by atoms with E-state index in [9.17, 15) is 19.1 Å². The van der Waals surface area contributed by atoms with Crippen molar-refractivity contribution in [2.45, 2.75) is 55.7 Å². The SMILES string of the molecule is CCCCOc1ccc(C(O)=C2C(=O)C(=O)N(c3nnc(SCc4ccc(F)cc4)s3)C2c2ccc(C(C)C)cc2)cc1. The van der Waals surface area contributed by atoms with E-state index < -0.39 is 17.7 Å². The van der Waals surface area contributed by atoms with Crippen LogP contribution in [0.4, 0.5) is 9.52 Å². The molecule has 1 amide bonds. The Hall–Kier alpha value is -4.02. The number of unbranched alkanes of at least 4 members (excludes halogenated alkanes) is 1. The Labute approximate surface area is 258 Å². The molecule has 4 aromatic rings. The molecule has 0 spiro atoms. The van der Waals surface area contributed by atoms with Crippen LogP contribution in [0.1, 0.15) is 67.8 Å². The van der Waals surface area contributed by atoms with E-state index in [0.717, 1.165) is 24.0 Å². The standard InChI is InChI=1S/C33H32FN3O4S2/c1-4-5-18-41-26-16-12-24(13-17-26)29(38)27-28(23-10-8-22(9-11-23)20(2)3)37(31(40)30(27)39)32-35-36-33(43-32)42-19-21-6-14-25(34)15-7-21/h6-17,20,28,38H,4-5,18-19H2,1-3H3. The number of ether oxygens (including phenoxy) is 1. The number of nitrogens with zero attached hydrogens (tertiary/aromatic N) is 3. The second kappa shape index (κ2) is 13.5. The van der Waals surface area contributed by atoms with Gasteiger partial charge in [0.05, 0.1) is 18.2 Å². The zero-order valence-corrected chi connectivity index (χ0v) is 25.8. The lowest BCUT2D eigenvalue weighted by Crippen LogP contribution is -2.29. The lowest BCUT2D eigenvalue weighted by molar-refractivity contribution is -0.132. The molecule has 3 aromatic carbocycles. The highest BCUT2D eigenvalue weighted by atomic mass is 32.2. The van der Waals surface area contributed by atoms with Crippen molar-refractivity contribution in [2.75, 3.05) is 11.5 Å². The van der Waals surface area contributed by atoms with Gasteiger partial charge in [0.1, 0.15) is 17.3 Å². The van der Waals surface area contributed by atoms with Crippen molar-refractivity contribution in [2.24, 2.45) is 0 Å². The van der Waals surface area contributed by atoms with E-state index in [1.807, 2.05) is 24.3 Å². The summed E-state index contributed by atoms with van der Waals surface area (Å²) in [7, 11) is 0. The summed E-state index contributed by atoms with van der Waals surface area (Å²) < 4.78 is 19.6. The van der Waals surface area contributed by atoms with Crippen molar-refractivity contribution < 1.29 is 23.8 Å². The van der Waals surface area contributed by atoms with Crippen LogP contribution in [0.3, 0.4) is 0 Å². The van der Waals surface area contributed by atoms with Crippen LogP contribution in [0.2, 0.25) is 0 Å². The first-order valence-corrected chi connectivity index (χ1v) is 15.9. The average Bonchev–Trinajstić information content (AvgIpc) is 3.58. The summed E-state index contributed by atoms with van der Waals surface area (Å²) >= 11 is 2.59. The van der Waals surface area contributed by atoms with Crippen LogP contribution >= 0.6 is 23.1 Å². The van der Waals surface area contributed by atoms with Crippen molar-refractivity contribution in [1.29, 1.82) is 0 Å². The molecule has 0 radical (unpaired) electrons. The fourth-order valence-electron chi connectivity index (χ4n) is 4.69. The molecule has 1 unspecified atom stereocenters. The summed E-state index contributed by atoms with van der Waals surface area (Å²) in [6.45, 7) is 6.85. The summed E-state index contributed by atoms with van der Waals surface area (Å²) in [5.74, 6) is -0.673. The molecule has 1 atom stereocenters. The van der Waals surface area contributed by atoms with Gasteiger partial charge in [0.25, 0.3) is 5.78 Å². The summed E-state index contributed by atoms with van der Waals surface area (Å²) in [6, 6.07) is 19.8. The fourth-order valence-corrected chi connectivity index (χ4v) is 6.51. The number of benzene rings is 3. The number of rotatable bonds is 11. The zero-order valence-electron chi connectivity index (χ0n) is 24.1. The predicted octanol–water partition coefficient (Wildman–Crippen LogP) is 7.90. The second-order valence-corrected chi connectivity index (χ2v) is 12.7. The summed E-state index contributed by atoms with van der Waals surface area (Å²) in [5.41, 5.74) is 3.07. The lowest BCUT2D eigenvalue weighted by atomic mass is 9.93. The first-order chi connectivity index (χ1) is 20.8. The van der Waals surface area contributed by atoms with Crippen LogP contribution in [0.25, 0.3) is 5.76 Å². The van der Waals surface area contributed by atoms with Crippen molar-refractivity contribution in [3.05, 3.63) is 106 Å². The van der Waals surface area contributed by atoms with Gasteiger partial charge < -0.3 is 9.84 Å². The van der Waals surface area contributed by atoms with E-state index in [-0.39, 0.29) is 22.3 Å². The van der Waals surface area contributed by atoms with Crippen LogP contribution in [0.15, 0.2) is 82.7 Å². The number of ketones is 1. The van der Waals surface area contributed by atoms with Crippen molar-refractivity contribution in [3.8, 4) is 5.75 Å². The van der Waals surface area contributed by atoms with Crippen LogP contribution in [-0.2, 0) is 15.3 Å². The lowest BCUT2D eigenvalue weighted by Gasteiger charge is -2.23. The van der Waals surface area contributed by atoms with Crippen LogP contribution in [-0.4, -0.2) is 33.6 Å². The van der Waals surface area contributed by atoms with E-state index in [4.69, 9.17) is 4.74 Å². The maximum atomic E-state index is 13.5. The van der Waals surface area contributed by atoms with Gasteiger partial charge in [-0.1, -0.05) is 86.7 Å². The number of carbonyl (C=O) groups excluding carboxylic acids is 2. The molecule has 222 valence electrons. The quantitative estimate of drug-likeness (QED) is 0.0457. The first kappa shape index (κ1) is 30.4. The smallest absolute Gasteiger partial charge is 0.301 e. The van der Waals surface area contributed by atoms with Gasteiger partial charge in [0.15, 0.2) is 4.34 Å². The molecular formula is C33H32FN3O4S2. The van der Waals surface area contributed by atoms with Gasteiger partial charge in [-0.15, -0.1) is 10.2 Å². The number of anilines is 1.